The molecule has 2 heteroatoms. The summed E-state index contributed by atoms with van der Waals surface area (Å²) in [6.07, 6.45) is 1.35. The first-order chi connectivity index (χ1) is 8.83. The molecule has 1 aliphatic heterocycles. The number of carbonyl (C=O) groups excluding carboxylic acids is 1. The van der Waals surface area contributed by atoms with E-state index in [1.807, 2.05) is 36.4 Å². The molecule has 0 saturated heterocycles. The molecule has 1 heterocycles. The molecule has 2 nitrogen and oxygen atoms in total. The maximum atomic E-state index is 11.6. The predicted molar refractivity (Wildman–Crippen MR) is 69.6 cm³/mol. The van der Waals surface area contributed by atoms with Crippen molar-refractivity contribution < 1.29 is 9.53 Å². The molecule has 0 unspecified atom stereocenters. The molecule has 0 aliphatic carbocycles. The van der Waals surface area contributed by atoms with Crippen molar-refractivity contribution in [3.05, 3.63) is 65.7 Å². The molecular weight excluding hydrogens is 224 g/mol. The topological polar surface area (TPSA) is 26.3 Å². The Hall–Kier alpha value is -2.09. The number of esters is 1. The Morgan fingerprint density at radius 2 is 1.72 bits per heavy atom. The van der Waals surface area contributed by atoms with E-state index in [-0.39, 0.29) is 11.9 Å². The van der Waals surface area contributed by atoms with E-state index in [4.69, 9.17) is 4.74 Å². The second kappa shape index (κ2) is 4.65. The summed E-state index contributed by atoms with van der Waals surface area (Å²) in [5.41, 5.74) is 2.40. The van der Waals surface area contributed by atoms with E-state index in [2.05, 4.69) is 18.2 Å². The number of benzene rings is 2. The zero-order valence-electron chi connectivity index (χ0n) is 10.0. The zero-order valence-corrected chi connectivity index (χ0v) is 10.0. The highest BCUT2D eigenvalue weighted by Crippen LogP contribution is 2.35. The van der Waals surface area contributed by atoms with Gasteiger partial charge in [-0.25, -0.2) is 0 Å². The van der Waals surface area contributed by atoms with Gasteiger partial charge in [0.15, 0.2) is 0 Å². The van der Waals surface area contributed by atoms with E-state index in [9.17, 15) is 4.79 Å². The Bertz CT molecular complexity index is 560. The highest BCUT2D eigenvalue weighted by Gasteiger charge is 2.26. The van der Waals surface area contributed by atoms with Crippen molar-refractivity contribution in [3.63, 3.8) is 0 Å². The SMILES string of the molecule is O=C1C[C@H](Cc2ccccc2)c2ccccc2O1. The fraction of sp³-hybridized carbons (Fsp3) is 0.188. The van der Waals surface area contributed by atoms with E-state index in [0.29, 0.717) is 6.42 Å². The van der Waals surface area contributed by atoms with Gasteiger partial charge in [-0.1, -0.05) is 48.5 Å². The van der Waals surface area contributed by atoms with Gasteiger partial charge in [0.2, 0.25) is 0 Å². The van der Waals surface area contributed by atoms with E-state index < -0.39 is 0 Å². The van der Waals surface area contributed by atoms with Gasteiger partial charge in [-0.15, -0.1) is 0 Å². The molecule has 0 aromatic heterocycles. The number of hydrogen-bond acceptors (Lipinski definition) is 2. The van der Waals surface area contributed by atoms with E-state index >= 15 is 0 Å². The fourth-order valence-corrected chi connectivity index (χ4v) is 2.47. The first kappa shape index (κ1) is 11.0. The zero-order chi connectivity index (χ0) is 12.4. The molecule has 0 radical (unpaired) electrons. The van der Waals surface area contributed by atoms with Crippen LogP contribution in [-0.4, -0.2) is 5.97 Å². The molecule has 0 N–H and O–H groups in total. The van der Waals surface area contributed by atoms with Gasteiger partial charge in [0, 0.05) is 5.92 Å². The average Bonchev–Trinajstić information content (AvgIpc) is 2.40. The Kier molecular flexibility index (Phi) is 2.85. The summed E-state index contributed by atoms with van der Waals surface area (Å²) in [5, 5.41) is 0. The van der Waals surface area contributed by atoms with Crippen molar-refractivity contribution in [2.45, 2.75) is 18.8 Å². The van der Waals surface area contributed by atoms with Crippen LogP contribution in [0.25, 0.3) is 0 Å². The van der Waals surface area contributed by atoms with E-state index in [0.717, 1.165) is 17.7 Å². The van der Waals surface area contributed by atoms with Crippen LogP contribution in [-0.2, 0) is 11.2 Å². The number of fused-ring (bicyclic) bond motifs is 1. The molecule has 0 spiro atoms. The normalized spacial score (nSPS) is 18.0. The summed E-state index contributed by atoms with van der Waals surface area (Å²) in [6.45, 7) is 0. The summed E-state index contributed by atoms with van der Waals surface area (Å²) in [6, 6.07) is 18.1. The first-order valence-electron chi connectivity index (χ1n) is 6.16. The number of carbonyl (C=O) groups is 1. The van der Waals surface area contributed by atoms with Crippen LogP contribution in [0.2, 0.25) is 0 Å². The first-order valence-corrected chi connectivity index (χ1v) is 6.16. The van der Waals surface area contributed by atoms with Crippen LogP contribution in [0.5, 0.6) is 5.75 Å². The largest absolute Gasteiger partial charge is 0.426 e. The summed E-state index contributed by atoms with van der Waals surface area (Å²) in [5.74, 6) is 0.814. The second-order valence-corrected chi connectivity index (χ2v) is 4.60. The minimum Gasteiger partial charge on any atom is -0.426 e. The molecule has 18 heavy (non-hydrogen) atoms. The third-order valence-electron chi connectivity index (χ3n) is 3.32. The lowest BCUT2D eigenvalue weighted by atomic mass is 9.87. The Balaban J connectivity index is 1.91. The third-order valence-corrected chi connectivity index (χ3v) is 3.32. The predicted octanol–water partition coefficient (Wildman–Crippen LogP) is 3.32. The third kappa shape index (κ3) is 2.14. The van der Waals surface area contributed by atoms with Gasteiger partial charge in [0.1, 0.15) is 5.75 Å². The second-order valence-electron chi connectivity index (χ2n) is 4.60. The lowest BCUT2D eigenvalue weighted by Crippen LogP contribution is -2.21. The molecule has 3 rings (SSSR count). The molecule has 1 atom stereocenters. The smallest absolute Gasteiger partial charge is 0.311 e. The Morgan fingerprint density at radius 3 is 2.56 bits per heavy atom. The highest BCUT2D eigenvalue weighted by molar-refractivity contribution is 5.76. The van der Waals surface area contributed by atoms with E-state index in [1.165, 1.54) is 5.56 Å². The van der Waals surface area contributed by atoms with Crippen LogP contribution in [0.15, 0.2) is 54.6 Å². The van der Waals surface area contributed by atoms with Gasteiger partial charge in [-0.3, -0.25) is 4.79 Å². The Morgan fingerprint density at radius 1 is 1.00 bits per heavy atom. The minimum atomic E-state index is -0.130. The standard InChI is InChI=1S/C16H14O2/c17-16-11-13(10-12-6-2-1-3-7-12)14-8-4-5-9-15(14)18-16/h1-9,13H,10-11H2/t13-/m0/s1. The van der Waals surface area contributed by atoms with Crippen molar-refractivity contribution in [3.8, 4) is 5.75 Å². The summed E-state index contributed by atoms with van der Waals surface area (Å²) < 4.78 is 5.26. The monoisotopic (exact) mass is 238 g/mol. The van der Waals surface area contributed by atoms with Crippen LogP contribution in [0.1, 0.15) is 23.5 Å². The van der Waals surface area contributed by atoms with Gasteiger partial charge in [0.05, 0.1) is 6.42 Å². The number of hydrogen-bond donors (Lipinski definition) is 0. The molecular formula is C16H14O2. The molecule has 1 aliphatic rings. The Labute approximate surface area is 106 Å². The van der Waals surface area contributed by atoms with Gasteiger partial charge in [-0.05, 0) is 23.6 Å². The van der Waals surface area contributed by atoms with Gasteiger partial charge >= 0.3 is 5.97 Å². The van der Waals surface area contributed by atoms with Crippen molar-refractivity contribution in [1.29, 1.82) is 0 Å². The minimum absolute atomic E-state index is 0.130. The van der Waals surface area contributed by atoms with Gasteiger partial charge in [-0.2, -0.15) is 0 Å². The van der Waals surface area contributed by atoms with Crippen LogP contribution >= 0.6 is 0 Å². The lowest BCUT2D eigenvalue weighted by Gasteiger charge is -2.24. The summed E-state index contributed by atoms with van der Waals surface area (Å²) in [4.78, 5) is 11.6. The number of para-hydroxylation sites is 1. The van der Waals surface area contributed by atoms with Crippen molar-refractivity contribution in [1.82, 2.24) is 0 Å². The molecule has 0 amide bonds. The summed E-state index contributed by atoms with van der Waals surface area (Å²) in [7, 11) is 0. The van der Waals surface area contributed by atoms with Crippen LogP contribution in [0, 0.1) is 0 Å². The van der Waals surface area contributed by atoms with Crippen LogP contribution in [0.4, 0.5) is 0 Å². The van der Waals surface area contributed by atoms with Crippen LogP contribution < -0.4 is 4.74 Å². The quantitative estimate of drug-likeness (QED) is 0.592. The van der Waals surface area contributed by atoms with Gasteiger partial charge < -0.3 is 4.74 Å². The van der Waals surface area contributed by atoms with Crippen molar-refractivity contribution in [2.75, 3.05) is 0 Å². The molecule has 0 saturated carbocycles. The van der Waals surface area contributed by atoms with Gasteiger partial charge in [0.25, 0.3) is 0 Å². The maximum Gasteiger partial charge on any atom is 0.311 e. The number of rotatable bonds is 2. The number of ether oxygens (including phenoxy) is 1. The maximum absolute atomic E-state index is 11.6. The lowest BCUT2D eigenvalue weighted by molar-refractivity contribution is -0.135. The average molecular weight is 238 g/mol. The fourth-order valence-electron chi connectivity index (χ4n) is 2.47. The molecule has 90 valence electrons. The van der Waals surface area contributed by atoms with Crippen molar-refractivity contribution in [2.24, 2.45) is 0 Å². The molecule has 0 fully saturated rings. The molecule has 2 aromatic rings. The molecule has 2 aromatic carbocycles. The summed E-state index contributed by atoms with van der Waals surface area (Å²) >= 11 is 0. The van der Waals surface area contributed by atoms with Crippen molar-refractivity contribution >= 4 is 5.97 Å². The van der Waals surface area contributed by atoms with Crippen LogP contribution in [0.3, 0.4) is 0 Å². The highest BCUT2D eigenvalue weighted by atomic mass is 16.5. The van der Waals surface area contributed by atoms with E-state index in [1.54, 1.807) is 0 Å². The molecule has 0 bridgehead atoms.